The molecular weight excluding hydrogens is 387 g/mol. The summed E-state index contributed by atoms with van der Waals surface area (Å²) in [5.41, 5.74) is 0.00239. The van der Waals surface area contributed by atoms with E-state index in [1.807, 2.05) is 0 Å². The van der Waals surface area contributed by atoms with Crippen LogP contribution in [0.2, 0.25) is 0 Å². The van der Waals surface area contributed by atoms with Crippen LogP contribution in [0.1, 0.15) is 25.3 Å². The van der Waals surface area contributed by atoms with E-state index in [4.69, 9.17) is 5.11 Å². The van der Waals surface area contributed by atoms with Crippen LogP contribution in [0, 0.1) is 34.7 Å². The standard InChI is InChI=1S/C19H18F3N5O2/c1-9(24-19(28)29)16(10-2-3-10)26-18-15(22)6-11(8-23)17(27-18)25-12-4-5-13(20)14(21)7-12/h4-7,9-10,16,24H,2-3H2,1H3,(H,28,29)(H2,25,26,27)/t9-,16-/m0/s1. The maximum atomic E-state index is 14.5. The molecule has 7 nitrogen and oxygen atoms in total. The number of carbonyl (C=O) groups is 1. The topological polar surface area (TPSA) is 110 Å². The monoisotopic (exact) mass is 405 g/mol. The maximum Gasteiger partial charge on any atom is 0.404 e. The molecule has 10 heteroatoms. The highest BCUT2D eigenvalue weighted by atomic mass is 19.2. The zero-order chi connectivity index (χ0) is 21.1. The van der Waals surface area contributed by atoms with E-state index in [9.17, 15) is 23.2 Å². The van der Waals surface area contributed by atoms with Crippen molar-refractivity contribution in [3.05, 3.63) is 47.3 Å². The number of anilines is 3. The smallest absolute Gasteiger partial charge is 0.404 e. The minimum absolute atomic E-state index is 0.0456. The molecule has 0 radical (unpaired) electrons. The van der Waals surface area contributed by atoms with Gasteiger partial charge < -0.3 is 21.1 Å². The summed E-state index contributed by atoms with van der Waals surface area (Å²) in [7, 11) is 0. The molecular formula is C19H18F3N5O2. The molecule has 2 aromatic rings. The molecule has 1 aliphatic rings. The molecule has 1 heterocycles. The first-order valence-electron chi connectivity index (χ1n) is 8.87. The predicted molar refractivity (Wildman–Crippen MR) is 99.3 cm³/mol. The third kappa shape index (κ3) is 4.87. The predicted octanol–water partition coefficient (Wildman–Crippen LogP) is 3.96. The summed E-state index contributed by atoms with van der Waals surface area (Å²) in [4.78, 5) is 15.0. The van der Waals surface area contributed by atoms with Gasteiger partial charge in [-0.15, -0.1) is 0 Å². The minimum Gasteiger partial charge on any atom is -0.465 e. The molecule has 1 aliphatic carbocycles. The number of nitrogens with zero attached hydrogens (tertiary/aromatic N) is 2. The molecule has 152 valence electrons. The first-order valence-corrected chi connectivity index (χ1v) is 8.87. The fourth-order valence-electron chi connectivity index (χ4n) is 3.03. The highest BCUT2D eigenvalue weighted by molar-refractivity contribution is 5.66. The second-order valence-corrected chi connectivity index (χ2v) is 6.83. The average molecular weight is 405 g/mol. The van der Waals surface area contributed by atoms with Crippen molar-refractivity contribution in [2.24, 2.45) is 5.92 Å². The number of hydrogen-bond acceptors (Lipinski definition) is 5. The summed E-state index contributed by atoms with van der Waals surface area (Å²) in [5.74, 6) is -2.98. The van der Waals surface area contributed by atoms with Crippen LogP contribution in [0.4, 0.5) is 35.3 Å². The first-order chi connectivity index (χ1) is 13.8. The highest BCUT2D eigenvalue weighted by Crippen LogP contribution is 2.36. The maximum absolute atomic E-state index is 14.5. The quantitative estimate of drug-likeness (QED) is 0.555. The van der Waals surface area contributed by atoms with Crippen molar-refractivity contribution >= 4 is 23.4 Å². The van der Waals surface area contributed by atoms with Gasteiger partial charge >= 0.3 is 6.09 Å². The van der Waals surface area contributed by atoms with Crippen LogP contribution in [0.5, 0.6) is 0 Å². The van der Waals surface area contributed by atoms with Gasteiger partial charge in [-0.25, -0.2) is 22.9 Å². The number of benzene rings is 1. The van der Waals surface area contributed by atoms with Crippen LogP contribution in [-0.4, -0.2) is 28.3 Å². The van der Waals surface area contributed by atoms with E-state index in [2.05, 4.69) is 20.9 Å². The second kappa shape index (κ2) is 8.26. The fraction of sp³-hybridized carbons (Fsp3) is 0.316. The Labute approximate surface area is 164 Å². The Morgan fingerprint density at radius 2 is 1.93 bits per heavy atom. The number of pyridine rings is 1. The van der Waals surface area contributed by atoms with Crippen molar-refractivity contribution in [3.8, 4) is 6.07 Å². The lowest BCUT2D eigenvalue weighted by atomic mass is 10.0. The lowest BCUT2D eigenvalue weighted by Crippen LogP contribution is -2.45. The number of nitriles is 1. The van der Waals surface area contributed by atoms with Gasteiger partial charge in [-0.2, -0.15) is 5.26 Å². The molecule has 1 aromatic carbocycles. The normalized spacial score (nSPS) is 15.1. The Morgan fingerprint density at radius 3 is 2.52 bits per heavy atom. The molecule has 1 aromatic heterocycles. The zero-order valence-corrected chi connectivity index (χ0v) is 15.3. The Balaban J connectivity index is 1.89. The van der Waals surface area contributed by atoms with Gasteiger partial charge in [0, 0.05) is 17.8 Å². The molecule has 1 amide bonds. The lowest BCUT2D eigenvalue weighted by Gasteiger charge is -2.26. The minimum atomic E-state index is -1.20. The average Bonchev–Trinajstić information content (AvgIpc) is 3.49. The molecule has 0 aliphatic heterocycles. The van der Waals surface area contributed by atoms with E-state index in [-0.39, 0.29) is 28.8 Å². The van der Waals surface area contributed by atoms with Gasteiger partial charge in [-0.1, -0.05) is 0 Å². The van der Waals surface area contributed by atoms with Crippen molar-refractivity contribution in [2.45, 2.75) is 31.8 Å². The second-order valence-electron chi connectivity index (χ2n) is 6.83. The number of carboxylic acid groups (broad SMARTS) is 1. The number of nitrogens with one attached hydrogen (secondary N) is 3. The van der Waals surface area contributed by atoms with Crippen LogP contribution in [-0.2, 0) is 0 Å². The summed E-state index contributed by atoms with van der Waals surface area (Å²) in [6.45, 7) is 1.66. The van der Waals surface area contributed by atoms with E-state index in [1.54, 1.807) is 13.0 Å². The van der Waals surface area contributed by atoms with Crippen molar-refractivity contribution in [1.82, 2.24) is 10.3 Å². The number of aromatic nitrogens is 1. The summed E-state index contributed by atoms with van der Waals surface area (Å²) >= 11 is 0. The Kier molecular flexibility index (Phi) is 5.77. The fourth-order valence-corrected chi connectivity index (χ4v) is 3.03. The van der Waals surface area contributed by atoms with Crippen LogP contribution >= 0.6 is 0 Å². The molecule has 0 bridgehead atoms. The SMILES string of the molecule is C[C@H](NC(=O)O)[C@H](Nc1nc(Nc2ccc(F)c(F)c2)c(C#N)cc1F)C1CC1. The van der Waals surface area contributed by atoms with Crippen LogP contribution < -0.4 is 16.0 Å². The summed E-state index contributed by atoms with van der Waals surface area (Å²) in [6, 6.07) is 4.90. The molecule has 4 N–H and O–H groups in total. The largest absolute Gasteiger partial charge is 0.465 e. The molecule has 0 saturated heterocycles. The van der Waals surface area contributed by atoms with Gasteiger partial charge in [0.05, 0.1) is 11.6 Å². The van der Waals surface area contributed by atoms with Gasteiger partial charge in [0.2, 0.25) is 0 Å². The van der Waals surface area contributed by atoms with Crippen LogP contribution in [0.25, 0.3) is 0 Å². The van der Waals surface area contributed by atoms with E-state index in [0.29, 0.717) is 0 Å². The zero-order valence-electron chi connectivity index (χ0n) is 15.3. The number of amides is 1. The van der Waals surface area contributed by atoms with Gasteiger partial charge in [0.25, 0.3) is 0 Å². The summed E-state index contributed by atoms with van der Waals surface area (Å²) < 4.78 is 41.0. The van der Waals surface area contributed by atoms with Crippen molar-refractivity contribution in [3.63, 3.8) is 0 Å². The Hall–Kier alpha value is -3.48. The van der Waals surface area contributed by atoms with Crippen molar-refractivity contribution in [1.29, 1.82) is 5.26 Å². The first kappa shape index (κ1) is 20.3. The summed E-state index contributed by atoms with van der Waals surface area (Å²) in [5, 5.41) is 26.1. The molecule has 1 fully saturated rings. The van der Waals surface area contributed by atoms with Crippen molar-refractivity contribution < 1.29 is 23.1 Å². The number of halogens is 3. The van der Waals surface area contributed by atoms with E-state index >= 15 is 0 Å². The number of rotatable bonds is 7. The van der Waals surface area contributed by atoms with E-state index in [0.717, 1.165) is 31.0 Å². The van der Waals surface area contributed by atoms with Gasteiger partial charge in [0.15, 0.2) is 29.1 Å². The molecule has 2 atom stereocenters. The van der Waals surface area contributed by atoms with Gasteiger partial charge in [-0.05, 0) is 43.9 Å². The van der Waals surface area contributed by atoms with Crippen molar-refractivity contribution in [2.75, 3.05) is 10.6 Å². The third-order valence-corrected chi connectivity index (χ3v) is 4.60. The Morgan fingerprint density at radius 1 is 1.21 bits per heavy atom. The summed E-state index contributed by atoms with van der Waals surface area (Å²) in [6.07, 6.45) is 0.529. The van der Waals surface area contributed by atoms with Gasteiger partial charge in [0.1, 0.15) is 6.07 Å². The Bertz CT molecular complexity index is 975. The number of hydrogen-bond donors (Lipinski definition) is 4. The van der Waals surface area contributed by atoms with E-state index < -0.39 is 35.6 Å². The van der Waals surface area contributed by atoms with E-state index in [1.165, 1.54) is 6.07 Å². The third-order valence-electron chi connectivity index (χ3n) is 4.60. The molecule has 0 unspecified atom stereocenters. The van der Waals surface area contributed by atoms with Gasteiger partial charge in [-0.3, -0.25) is 0 Å². The van der Waals surface area contributed by atoms with Crippen LogP contribution in [0.3, 0.4) is 0 Å². The molecule has 29 heavy (non-hydrogen) atoms. The van der Waals surface area contributed by atoms with Crippen LogP contribution in [0.15, 0.2) is 24.3 Å². The molecule has 0 spiro atoms. The lowest BCUT2D eigenvalue weighted by molar-refractivity contribution is 0.188. The molecule has 3 rings (SSSR count). The highest BCUT2D eigenvalue weighted by Gasteiger charge is 2.36. The molecule has 1 saturated carbocycles.